The van der Waals surface area contributed by atoms with Crippen molar-refractivity contribution in [3.63, 3.8) is 0 Å². The number of benzene rings is 1. The lowest BCUT2D eigenvalue weighted by Crippen LogP contribution is -2.21. The van der Waals surface area contributed by atoms with E-state index in [9.17, 15) is 22.8 Å². The van der Waals surface area contributed by atoms with Gasteiger partial charge in [-0.25, -0.2) is 9.97 Å². The van der Waals surface area contributed by atoms with E-state index in [-0.39, 0.29) is 39.8 Å². The highest BCUT2D eigenvalue weighted by molar-refractivity contribution is 7.27. The second-order valence-electron chi connectivity index (χ2n) is 8.89. The highest BCUT2D eigenvalue weighted by Crippen LogP contribution is 2.37. The van der Waals surface area contributed by atoms with Gasteiger partial charge in [-0.05, 0) is 50.5 Å². The lowest BCUT2D eigenvalue weighted by Gasteiger charge is -2.15. The van der Waals surface area contributed by atoms with Crippen LogP contribution in [0.25, 0.3) is 5.70 Å². The molecule has 1 aliphatic carbocycles. The number of pyridine rings is 1. The molecule has 0 aliphatic heterocycles. The number of rotatable bonds is 9. The number of amides is 2. The van der Waals surface area contributed by atoms with Gasteiger partial charge in [0.05, 0.1) is 0 Å². The van der Waals surface area contributed by atoms with Gasteiger partial charge in [0.15, 0.2) is 23.0 Å². The molecule has 2 amide bonds. The van der Waals surface area contributed by atoms with Crippen LogP contribution in [0.3, 0.4) is 0 Å². The number of imidazole rings is 1. The maximum atomic E-state index is 14.0. The number of carbonyl (C=O) groups excluding carboxylic acids is 2. The third-order valence-corrected chi connectivity index (χ3v) is 6.63. The van der Waals surface area contributed by atoms with Gasteiger partial charge in [0.25, 0.3) is 5.91 Å². The standard InChI is InChI=1S/C27H26ClF3N5O3P/c1-3-5-17(6-4-2)36-14-33-22(23(36)27(29,30)31)26(38)34-16-9-10-18(20(40)13-16)39-19-11-12-32-24(21(19)28)35-25(37)15-7-8-15/h3,5-6,9-15H,4,7-8,40H2,1-2H3,(H,34,38)(H,32,35,37)/b5-3-,17-6+. The van der Waals surface area contributed by atoms with Crippen LogP contribution in [0.4, 0.5) is 24.7 Å². The van der Waals surface area contributed by atoms with E-state index in [0.717, 1.165) is 23.7 Å². The summed E-state index contributed by atoms with van der Waals surface area (Å²) in [4.78, 5) is 32.9. The molecule has 1 aromatic carbocycles. The number of hydrogen-bond donors (Lipinski definition) is 2. The number of allylic oxidation sites excluding steroid dienone is 4. The molecule has 40 heavy (non-hydrogen) atoms. The van der Waals surface area contributed by atoms with Crippen LogP contribution >= 0.6 is 20.8 Å². The molecule has 1 atom stereocenters. The number of anilines is 2. The van der Waals surface area contributed by atoms with Crippen molar-refractivity contribution in [1.82, 2.24) is 14.5 Å². The van der Waals surface area contributed by atoms with E-state index in [0.29, 0.717) is 17.5 Å². The zero-order valence-corrected chi connectivity index (χ0v) is 23.5. The summed E-state index contributed by atoms with van der Waals surface area (Å²) in [6.45, 7) is 3.48. The number of carbonyl (C=O) groups is 2. The predicted molar refractivity (Wildman–Crippen MR) is 151 cm³/mol. The Hall–Kier alpha value is -3.69. The van der Waals surface area contributed by atoms with E-state index in [1.807, 2.05) is 0 Å². The number of halogens is 4. The van der Waals surface area contributed by atoms with E-state index >= 15 is 0 Å². The molecule has 2 aromatic heterocycles. The van der Waals surface area contributed by atoms with E-state index in [1.54, 1.807) is 26.0 Å². The minimum Gasteiger partial charge on any atom is -0.455 e. The molecular formula is C27H26ClF3N5O3P. The van der Waals surface area contributed by atoms with Gasteiger partial charge in [-0.2, -0.15) is 13.2 Å². The molecule has 0 saturated heterocycles. The van der Waals surface area contributed by atoms with Crippen LogP contribution in [0, 0.1) is 5.92 Å². The normalized spacial score (nSPS) is 13.9. The Morgan fingerprint density at radius 1 is 1.20 bits per heavy atom. The van der Waals surface area contributed by atoms with Crippen molar-refractivity contribution in [1.29, 1.82) is 0 Å². The van der Waals surface area contributed by atoms with Gasteiger partial charge in [0.1, 0.15) is 17.1 Å². The van der Waals surface area contributed by atoms with Gasteiger partial charge in [0, 0.05) is 34.9 Å². The molecule has 4 rings (SSSR count). The third kappa shape index (κ3) is 6.71. The maximum absolute atomic E-state index is 14.0. The second kappa shape index (κ2) is 12.2. The smallest absolute Gasteiger partial charge is 0.434 e. The molecule has 0 spiro atoms. The van der Waals surface area contributed by atoms with Gasteiger partial charge in [-0.3, -0.25) is 14.2 Å². The molecule has 1 fully saturated rings. The van der Waals surface area contributed by atoms with Gasteiger partial charge in [-0.1, -0.05) is 30.7 Å². The molecule has 0 bridgehead atoms. The molecule has 1 saturated carbocycles. The van der Waals surface area contributed by atoms with Crippen LogP contribution in [0.15, 0.2) is 55.0 Å². The Balaban J connectivity index is 1.54. The van der Waals surface area contributed by atoms with Crippen LogP contribution in [0.1, 0.15) is 49.3 Å². The van der Waals surface area contributed by atoms with Crippen molar-refractivity contribution < 1.29 is 27.5 Å². The van der Waals surface area contributed by atoms with Gasteiger partial charge in [-0.15, -0.1) is 9.24 Å². The SMILES string of the molecule is C/C=C\C(=C/CC)n1cnc(C(=O)Nc2ccc(Oc3ccnc(NC(=O)C4CC4)c3Cl)c(P)c2)c1C(F)(F)F. The number of alkyl halides is 3. The maximum Gasteiger partial charge on any atom is 0.434 e. The van der Waals surface area contributed by atoms with Crippen LogP contribution in [-0.4, -0.2) is 26.3 Å². The highest BCUT2D eigenvalue weighted by Gasteiger charge is 2.41. The van der Waals surface area contributed by atoms with Crippen molar-refractivity contribution in [3.05, 3.63) is 71.4 Å². The summed E-state index contributed by atoms with van der Waals surface area (Å²) in [5, 5.41) is 5.76. The average molecular weight is 592 g/mol. The lowest BCUT2D eigenvalue weighted by molar-refractivity contribution is -0.142. The number of nitrogens with zero attached hydrogens (tertiary/aromatic N) is 3. The number of hydrogen-bond acceptors (Lipinski definition) is 5. The Kier molecular flexibility index (Phi) is 8.95. The molecule has 3 aromatic rings. The molecule has 210 valence electrons. The topological polar surface area (TPSA) is 98.1 Å². The zero-order chi connectivity index (χ0) is 29.0. The third-order valence-electron chi connectivity index (χ3n) is 5.81. The first-order chi connectivity index (χ1) is 19.0. The van der Waals surface area contributed by atoms with Gasteiger partial charge in [0.2, 0.25) is 5.91 Å². The van der Waals surface area contributed by atoms with Crippen molar-refractivity contribution in [2.75, 3.05) is 10.6 Å². The largest absolute Gasteiger partial charge is 0.455 e. The molecule has 2 N–H and O–H groups in total. The number of nitrogens with one attached hydrogen (secondary N) is 2. The fourth-order valence-corrected chi connectivity index (χ4v) is 4.32. The molecule has 0 radical (unpaired) electrons. The zero-order valence-electron chi connectivity index (χ0n) is 21.6. The summed E-state index contributed by atoms with van der Waals surface area (Å²) in [6.07, 6.45) is 4.46. The molecule has 13 heteroatoms. The molecule has 1 aliphatic rings. The highest BCUT2D eigenvalue weighted by atomic mass is 35.5. The summed E-state index contributed by atoms with van der Waals surface area (Å²) in [6, 6.07) is 6.03. The first-order valence-electron chi connectivity index (χ1n) is 12.3. The molecule has 1 unspecified atom stereocenters. The fourth-order valence-electron chi connectivity index (χ4n) is 3.79. The second-order valence-corrected chi connectivity index (χ2v) is 9.89. The number of aromatic nitrogens is 3. The molecule has 2 heterocycles. The van der Waals surface area contributed by atoms with Gasteiger partial charge < -0.3 is 15.4 Å². The minimum atomic E-state index is -4.83. The Bertz CT molecular complexity index is 1500. The minimum absolute atomic E-state index is 0.0344. The summed E-state index contributed by atoms with van der Waals surface area (Å²) in [5.41, 5.74) is -1.46. The first kappa shape index (κ1) is 29.3. The van der Waals surface area contributed by atoms with Crippen LogP contribution in [-0.2, 0) is 11.0 Å². The van der Waals surface area contributed by atoms with E-state index in [4.69, 9.17) is 16.3 Å². The first-order valence-corrected chi connectivity index (χ1v) is 13.3. The van der Waals surface area contributed by atoms with Crippen LogP contribution in [0.5, 0.6) is 11.5 Å². The molecular weight excluding hydrogens is 566 g/mol. The average Bonchev–Trinajstić information content (AvgIpc) is 3.64. The van der Waals surface area contributed by atoms with Crippen LogP contribution < -0.4 is 20.7 Å². The monoisotopic (exact) mass is 591 g/mol. The predicted octanol–water partition coefficient (Wildman–Crippen LogP) is 6.67. The van der Waals surface area contributed by atoms with E-state index in [2.05, 4.69) is 29.8 Å². The summed E-state index contributed by atoms with van der Waals surface area (Å²) >= 11 is 6.39. The van der Waals surface area contributed by atoms with Crippen molar-refractivity contribution >= 4 is 55.2 Å². The van der Waals surface area contributed by atoms with Gasteiger partial charge >= 0.3 is 6.18 Å². The van der Waals surface area contributed by atoms with E-state index in [1.165, 1.54) is 36.5 Å². The van der Waals surface area contributed by atoms with Crippen molar-refractivity contribution in [2.45, 2.75) is 39.3 Å². The summed E-state index contributed by atoms with van der Waals surface area (Å²) in [5.74, 6) is -0.452. The fraction of sp³-hybridized carbons (Fsp3) is 0.259. The molecule has 8 nitrogen and oxygen atoms in total. The summed E-state index contributed by atoms with van der Waals surface area (Å²) < 4.78 is 48.8. The van der Waals surface area contributed by atoms with Crippen molar-refractivity contribution in [3.8, 4) is 11.5 Å². The quantitative estimate of drug-likeness (QED) is 0.214. The van der Waals surface area contributed by atoms with Crippen LogP contribution in [0.2, 0.25) is 5.02 Å². The Morgan fingerprint density at radius 3 is 2.58 bits per heavy atom. The van der Waals surface area contributed by atoms with Crippen molar-refractivity contribution in [2.24, 2.45) is 5.92 Å². The Morgan fingerprint density at radius 2 is 1.95 bits per heavy atom. The summed E-state index contributed by atoms with van der Waals surface area (Å²) in [7, 11) is 2.43. The number of ether oxygens (including phenoxy) is 1. The lowest BCUT2D eigenvalue weighted by atomic mass is 10.2. The Labute approximate surface area is 235 Å². The van der Waals surface area contributed by atoms with E-state index < -0.39 is 23.5 Å².